The van der Waals surface area contributed by atoms with Gasteiger partial charge >= 0.3 is 36.5 Å². The van der Waals surface area contributed by atoms with Crippen molar-refractivity contribution < 1.29 is 0 Å². The van der Waals surface area contributed by atoms with Crippen LogP contribution < -0.4 is 8.69 Å². The Morgan fingerprint density at radius 3 is 1.25 bits per heavy atom. The van der Waals surface area contributed by atoms with Crippen LogP contribution in [-0.4, -0.2) is 27.8 Å². The molecular weight excluding hydrogens is 178 g/mol. The first-order valence-electron chi connectivity index (χ1n) is 1.00. The van der Waals surface area contributed by atoms with E-state index in [1.165, 1.54) is 0 Å². The van der Waals surface area contributed by atoms with E-state index in [1.54, 1.807) is 0 Å². The molecule has 4 heavy (non-hydrogen) atoms. The zero-order chi connectivity index (χ0) is 2.83. The van der Waals surface area contributed by atoms with E-state index in [-0.39, 0.29) is 0 Å². The molecule has 2 unspecified atom stereocenters. The van der Waals surface area contributed by atoms with E-state index in [1.807, 2.05) is 0 Å². The first-order chi connectivity index (χ1) is 2.00. The molecule has 0 bridgehead atoms. The summed E-state index contributed by atoms with van der Waals surface area (Å²) in [6, 6.07) is 0. The van der Waals surface area contributed by atoms with Gasteiger partial charge in [0.25, 0.3) is 0 Å². The average Bonchev–Trinajstić information content (AvgIpc) is 0.722. The normalized spacial score (nSPS) is 36.0. The second-order valence-corrected chi connectivity index (χ2v) is 8.05. The van der Waals surface area contributed by atoms with Crippen molar-refractivity contribution in [1.29, 1.82) is 0 Å². The minimum absolute atomic E-state index is 0.458. The molecule has 0 spiro atoms. The van der Waals surface area contributed by atoms with Crippen molar-refractivity contribution in [1.82, 2.24) is 8.69 Å². The predicted octanol–water partition coefficient (Wildman–Crippen LogP) is -2.29. The average molecular weight is 182 g/mol. The molecule has 24 valence electrons. The standard InChI is InChI=1S/As2H4N2/c1-2-4-3-1/h1-4H. The zero-order valence-corrected chi connectivity index (χ0v) is 6.20. The molecule has 1 heterocycles. The van der Waals surface area contributed by atoms with Gasteiger partial charge in [-0.3, -0.25) is 0 Å². The van der Waals surface area contributed by atoms with Gasteiger partial charge in [0.1, 0.15) is 0 Å². The van der Waals surface area contributed by atoms with Gasteiger partial charge in [0, 0.05) is 0 Å². The second kappa shape index (κ2) is 1.47. The Balaban J connectivity index is 2.00. The molecule has 1 fully saturated rings. The SMILES string of the molecule is N1N[AsH][AsH]1. The van der Waals surface area contributed by atoms with Crippen LogP contribution in [-0.2, 0) is 0 Å². The van der Waals surface area contributed by atoms with E-state index < -0.39 is 0 Å². The molecule has 0 amide bonds. The Labute approximate surface area is 36.8 Å². The van der Waals surface area contributed by atoms with Crippen molar-refractivity contribution in [3.63, 3.8) is 0 Å². The van der Waals surface area contributed by atoms with E-state index in [4.69, 9.17) is 0 Å². The summed E-state index contributed by atoms with van der Waals surface area (Å²) in [4.78, 5) is 0. The molecule has 1 rings (SSSR count). The van der Waals surface area contributed by atoms with Gasteiger partial charge in [-0.05, 0) is 0 Å². The Morgan fingerprint density at radius 1 is 1.00 bits per heavy atom. The van der Waals surface area contributed by atoms with E-state index in [2.05, 4.69) is 8.69 Å². The summed E-state index contributed by atoms with van der Waals surface area (Å²) in [6.45, 7) is 0. The second-order valence-electron chi connectivity index (χ2n) is 0.500. The van der Waals surface area contributed by atoms with Crippen LogP contribution in [0.15, 0.2) is 0 Å². The van der Waals surface area contributed by atoms with Crippen LogP contribution >= 0.6 is 0 Å². The van der Waals surface area contributed by atoms with Crippen LogP contribution in [0.2, 0.25) is 0 Å². The number of nitrogens with one attached hydrogen (secondary N) is 2. The number of hydrogen-bond acceptors (Lipinski definition) is 2. The molecule has 0 aromatic rings. The van der Waals surface area contributed by atoms with Gasteiger partial charge < -0.3 is 0 Å². The topological polar surface area (TPSA) is 24.1 Å². The molecule has 1 aliphatic rings. The van der Waals surface area contributed by atoms with Gasteiger partial charge in [0.2, 0.25) is 0 Å². The molecule has 0 aromatic heterocycles. The summed E-state index contributed by atoms with van der Waals surface area (Å²) < 4.78 is 6.08. The predicted molar refractivity (Wildman–Crippen MR) is 20.6 cm³/mol. The van der Waals surface area contributed by atoms with Crippen molar-refractivity contribution in [2.45, 2.75) is 0 Å². The molecule has 2 N–H and O–H groups in total. The molecule has 0 aromatic carbocycles. The maximum absolute atomic E-state index is 3.04. The number of hydrazine groups is 1. The summed E-state index contributed by atoms with van der Waals surface area (Å²) in [6.07, 6.45) is 0. The van der Waals surface area contributed by atoms with Gasteiger partial charge in [-0.2, -0.15) is 0 Å². The van der Waals surface area contributed by atoms with Crippen LogP contribution in [0.4, 0.5) is 0 Å². The molecule has 1 saturated heterocycles. The molecule has 2 nitrogen and oxygen atoms in total. The molecule has 2 atom stereocenters. The monoisotopic (exact) mass is 182 g/mol. The third kappa shape index (κ3) is 0.497. The van der Waals surface area contributed by atoms with Crippen molar-refractivity contribution in [2.75, 3.05) is 0 Å². The van der Waals surface area contributed by atoms with Crippen LogP contribution in [0.1, 0.15) is 0 Å². The maximum atomic E-state index is 3.04. The summed E-state index contributed by atoms with van der Waals surface area (Å²) in [5.41, 5.74) is 0. The molecule has 1 aliphatic heterocycles. The summed E-state index contributed by atoms with van der Waals surface area (Å²) in [5.74, 6) is 0. The fourth-order valence-electron chi connectivity index (χ4n) is 0.0625. The van der Waals surface area contributed by atoms with Gasteiger partial charge in [0.05, 0.1) is 0 Å². The Kier molecular flexibility index (Phi) is 1.19. The number of rotatable bonds is 0. The molecule has 4 heteroatoms. The van der Waals surface area contributed by atoms with Crippen LogP contribution in [0, 0.1) is 0 Å². The Hall–Kier alpha value is 1.04. The van der Waals surface area contributed by atoms with Crippen molar-refractivity contribution in [3.05, 3.63) is 0 Å². The van der Waals surface area contributed by atoms with Gasteiger partial charge in [-0.25, -0.2) is 0 Å². The fraction of sp³-hybridized carbons (Fsp3) is 0. The van der Waals surface area contributed by atoms with Gasteiger partial charge in [-0.1, -0.05) is 0 Å². The van der Waals surface area contributed by atoms with E-state index in [0.717, 1.165) is 0 Å². The molecular formula is H4As2N2. The summed E-state index contributed by atoms with van der Waals surface area (Å²) >= 11 is 0.917. The summed E-state index contributed by atoms with van der Waals surface area (Å²) in [5, 5.41) is 0. The van der Waals surface area contributed by atoms with Gasteiger partial charge in [-0.15, -0.1) is 0 Å². The first kappa shape index (κ1) is 3.24. The van der Waals surface area contributed by atoms with Crippen LogP contribution in [0.3, 0.4) is 0 Å². The minimum atomic E-state index is 0.458. The fourth-order valence-corrected chi connectivity index (χ4v) is 1.69. The first-order valence-corrected chi connectivity index (χ1v) is 9.60. The Morgan fingerprint density at radius 2 is 1.25 bits per heavy atom. The van der Waals surface area contributed by atoms with Crippen LogP contribution in [0.5, 0.6) is 0 Å². The van der Waals surface area contributed by atoms with Crippen molar-refractivity contribution >= 4 is 27.8 Å². The third-order valence-electron chi connectivity index (χ3n) is 0.250. The van der Waals surface area contributed by atoms with E-state index in [9.17, 15) is 0 Å². The molecule has 0 aliphatic carbocycles. The quantitative estimate of drug-likeness (QED) is 0.412. The van der Waals surface area contributed by atoms with Gasteiger partial charge in [0.15, 0.2) is 0 Å². The third-order valence-corrected chi connectivity index (χ3v) is 6.75. The zero-order valence-electron chi connectivity index (χ0n) is 2.00. The molecule has 0 radical (unpaired) electrons. The molecule has 0 saturated carbocycles. The van der Waals surface area contributed by atoms with Crippen LogP contribution in [0.25, 0.3) is 0 Å². The van der Waals surface area contributed by atoms with E-state index >= 15 is 0 Å². The number of hydrogen-bond donors (Lipinski definition) is 2. The van der Waals surface area contributed by atoms with Crippen molar-refractivity contribution in [2.24, 2.45) is 0 Å². The summed E-state index contributed by atoms with van der Waals surface area (Å²) in [7, 11) is 0. The van der Waals surface area contributed by atoms with Crippen molar-refractivity contribution in [3.8, 4) is 0 Å². The Bertz CT molecular complexity index is 12.0. The van der Waals surface area contributed by atoms with E-state index in [0.29, 0.717) is 27.8 Å².